The third kappa shape index (κ3) is 5.16. The van der Waals surface area contributed by atoms with Gasteiger partial charge in [0.05, 0.1) is 14.8 Å². The topological polar surface area (TPSA) is 92.9 Å². The van der Waals surface area contributed by atoms with Crippen LogP contribution in [0.15, 0.2) is 30.3 Å². The first-order valence-corrected chi connectivity index (χ1v) is 11.1. The summed E-state index contributed by atoms with van der Waals surface area (Å²) in [6.45, 7) is 1.74. The van der Waals surface area contributed by atoms with Crippen LogP contribution < -0.4 is 15.4 Å². The van der Waals surface area contributed by atoms with Gasteiger partial charge in [0.15, 0.2) is 6.10 Å². The molecule has 0 fully saturated rings. The largest absolute Gasteiger partial charge is 0.479 e. The first-order valence-electron chi connectivity index (χ1n) is 7.87. The first kappa shape index (κ1) is 22.5. The van der Waals surface area contributed by atoms with Crippen LogP contribution in [0, 0.1) is 10.7 Å². The van der Waals surface area contributed by atoms with Gasteiger partial charge in [0.1, 0.15) is 5.75 Å². The third-order valence-electron chi connectivity index (χ3n) is 3.85. The van der Waals surface area contributed by atoms with Gasteiger partial charge in [0.2, 0.25) is 0 Å². The van der Waals surface area contributed by atoms with Crippen LogP contribution >= 0.6 is 67.8 Å². The number of nitrogens with two attached hydrogens (primary N) is 1. The minimum absolute atomic E-state index is 0.200. The number of carbonyl (C=O) groups excluding carboxylic acids is 1. The quantitative estimate of drug-likeness (QED) is 0.339. The zero-order chi connectivity index (χ0) is 20.3. The number of aliphatic carboxylic acids is 1. The Kier molecular flexibility index (Phi) is 7.97. The molecule has 0 spiro atoms. The van der Waals surface area contributed by atoms with Gasteiger partial charge in [-0.3, -0.25) is 4.79 Å². The maximum Gasteiger partial charge on any atom is 0.344 e. The van der Waals surface area contributed by atoms with Gasteiger partial charge in [0, 0.05) is 25.9 Å². The standard InChI is InChI=1S/C18H17I3N2O4/c1-3-13(18(25)26)27-10-6-4-5-9(7-10)23(2)17(24)14-11(19)8-12(20)16(22)15(14)21/h4-8,13H,3,22H2,1-2H3,(H,25,26). The number of anilines is 2. The highest BCUT2D eigenvalue weighted by atomic mass is 127. The number of carboxylic acids is 1. The van der Waals surface area contributed by atoms with E-state index in [1.807, 2.05) is 6.07 Å². The average molecular weight is 706 g/mol. The van der Waals surface area contributed by atoms with Gasteiger partial charge in [-0.1, -0.05) is 13.0 Å². The van der Waals surface area contributed by atoms with Crippen molar-refractivity contribution in [3.63, 3.8) is 0 Å². The lowest BCUT2D eigenvalue weighted by molar-refractivity contribution is -0.145. The number of halogens is 3. The predicted molar refractivity (Wildman–Crippen MR) is 131 cm³/mol. The fourth-order valence-corrected chi connectivity index (χ4v) is 6.16. The highest BCUT2D eigenvalue weighted by Gasteiger charge is 2.23. The van der Waals surface area contributed by atoms with Crippen molar-refractivity contribution in [2.45, 2.75) is 19.4 Å². The molecule has 2 aromatic rings. The van der Waals surface area contributed by atoms with Crippen molar-refractivity contribution in [3.8, 4) is 5.75 Å². The van der Waals surface area contributed by atoms with Crippen LogP contribution in [-0.4, -0.2) is 30.1 Å². The van der Waals surface area contributed by atoms with E-state index in [0.717, 1.165) is 7.14 Å². The summed E-state index contributed by atoms with van der Waals surface area (Å²) in [5, 5.41) is 9.16. The Morgan fingerprint density at radius 2 is 1.89 bits per heavy atom. The highest BCUT2D eigenvalue weighted by Crippen LogP contribution is 2.31. The lowest BCUT2D eigenvalue weighted by atomic mass is 10.1. The van der Waals surface area contributed by atoms with E-state index < -0.39 is 12.1 Å². The molecule has 0 radical (unpaired) electrons. The maximum atomic E-state index is 13.1. The van der Waals surface area contributed by atoms with E-state index in [-0.39, 0.29) is 5.91 Å². The number of carboxylic acid groups (broad SMARTS) is 1. The molecule has 0 bridgehead atoms. The molecule has 6 nitrogen and oxygen atoms in total. The van der Waals surface area contributed by atoms with Crippen molar-refractivity contribution in [1.82, 2.24) is 0 Å². The molecule has 1 amide bonds. The average Bonchev–Trinajstić information content (AvgIpc) is 2.63. The van der Waals surface area contributed by atoms with Crippen molar-refractivity contribution >= 4 is 91.0 Å². The molecule has 2 rings (SSSR count). The Hall–Kier alpha value is -0.830. The van der Waals surface area contributed by atoms with E-state index in [1.54, 1.807) is 38.2 Å². The van der Waals surface area contributed by atoms with E-state index in [9.17, 15) is 9.59 Å². The second-order valence-corrected chi connectivity index (χ2v) is 9.06. The van der Waals surface area contributed by atoms with Gasteiger partial charge in [-0.05, 0) is 92.4 Å². The number of hydrogen-bond acceptors (Lipinski definition) is 4. The molecule has 0 aliphatic carbocycles. The fraction of sp³-hybridized carbons (Fsp3) is 0.222. The smallest absolute Gasteiger partial charge is 0.344 e. The monoisotopic (exact) mass is 706 g/mol. The SMILES string of the molecule is CCC(Oc1cccc(N(C)C(=O)c2c(I)cc(I)c(N)c2I)c1)C(=O)O. The number of benzene rings is 2. The Morgan fingerprint density at radius 3 is 2.48 bits per heavy atom. The number of carbonyl (C=O) groups is 2. The predicted octanol–water partition coefficient (Wildman–Crippen LogP) is 4.60. The van der Waals surface area contributed by atoms with Crippen molar-refractivity contribution in [3.05, 3.63) is 46.6 Å². The maximum absolute atomic E-state index is 13.1. The molecule has 0 saturated carbocycles. The molecule has 3 N–H and O–H groups in total. The number of nitrogen functional groups attached to an aromatic ring is 1. The number of hydrogen-bond donors (Lipinski definition) is 2. The van der Waals surface area contributed by atoms with Gasteiger partial charge in [0.25, 0.3) is 5.91 Å². The van der Waals surface area contributed by atoms with E-state index in [4.69, 9.17) is 15.6 Å². The fourth-order valence-electron chi connectivity index (χ4n) is 2.32. The van der Waals surface area contributed by atoms with E-state index >= 15 is 0 Å². The summed E-state index contributed by atoms with van der Waals surface area (Å²) in [7, 11) is 1.66. The minimum atomic E-state index is -1.02. The van der Waals surface area contributed by atoms with Crippen LogP contribution in [0.1, 0.15) is 23.7 Å². The molecule has 27 heavy (non-hydrogen) atoms. The van der Waals surface area contributed by atoms with Crippen molar-refractivity contribution < 1.29 is 19.4 Å². The Balaban J connectivity index is 2.35. The first-order chi connectivity index (χ1) is 12.7. The summed E-state index contributed by atoms with van der Waals surface area (Å²) >= 11 is 6.36. The van der Waals surface area contributed by atoms with E-state index in [2.05, 4.69) is 67.8 Å². The van der Waals surface area contributed by atoms with Gasteiger partial charge >= 0.3 is 5.97 Å². The van der Waals surface area contributed by atoms with Crippen LogP contribution in [-0.2, 0) is 4.79 Å². The van der Waals surface area contributed by atoms with Gasteiger partial charge in [-0.15, -0.1) is 0 Å². The highest BCUT2D eigenvalue weighted by molar-refractivity contribution is 14.1. The normalized spacial score (nSPS) is 11.7. The molecule has 144 valence electrons. The van der Waals surface area contributed by atoms with Gasteiger partial charge in [-0.2, -0.15) is 0 Å². The van der Waals surface area contributed by atoms with Crippen LogP contribution in [0.3, 0.4) is 0 Å². The molecule has 1 unspecified atom stereocenters. The molecular weight excluding hydrogens is 689 g/mol. The van der Waals surface area contributed by atoms with Crippen LogP contribution in [0.2, 0.25) is 0 Å². The molecule has 2 aromatic carbocycles. The number of rotatable bonds is 6. The molecule has 0 saturated heterocycles. The van der Waals surface area contributed by atoms with Crippen LogP contribution in [0.4, 0.5) is 11.4 Å². The Morgan fingerprint density at radius 1 is 1.22 bits per heavy atom. The van der Waals surface area contributed by atoms with Gasteiger partial charge in [-0.25, -0.2) is 4.79 Å². The van der Waals surface area contributed by atoms with Crippen LogP contribution in [0.25, 0.3) is 0 Å². The van der Waals surface area contributed by atoms with E-state index in [1.165, 1.54) is 4.90 Å². The molecule has 0 aliphatic rings. The van der Waals surface area contributed by atoms with Gasteiger partial charge < -0.3 is 20.5 Å². The molecule has 0 aliphatic heterocycles. The Bertz CT molecular complexity index is 889. The summed E-state index contributed by atoms with van der Waals surface area (Å²) in [5.41, 5.74) is 7.81. The number of amides is 1. The van der Waals surface area contributed by atoms with Crippen molar-refractivity contribution in [2.24, 2.45) is 0 Å². The summed E-state index contributed by atoms with van der Waals surface area (Å²) in [6, 6.07) is 8.69. The minimum Gasteiger partial charge on any atom is -0.479 e. The second-order valence-electron chi connectivity index (χ2n) is 5.66. The number of ether oxygens (including phenoxy) is 1. The summed E-state index contributed by atoms with van der Waals surface area (Å²) in [6.07, 6.45) is -0.591. The zero-order valence-electron chi connectivity index (χ0n) is 14.5. The van der Waals surface area contributed by atoms with Crippen LogP contribution in [0.5, 0.6) is 5.75 Å². The molecule has 9 heteroatoms. The summed E-state index contributed by atoms with van der Waals surface area (Å²) in [5.74, 6) is -0.826. The molecule has 0 aromatic heterocycles. The molecule has 0 heterocycles. The Labute approximate surface area is 198 Å². The van der Waals surface area contributed by atoms with Crippen molar-refractivity contribution in [1.29, 1.82) is 0 Å². The number of nitrogens with zero attached hydrogens (tertiary/aromatic N) is 1. The summed E-state index contributed by atoms with van der Waals surface area (Å²) in [4.78, 5) is 25.7. The second kappa shape index (κ2) is 9.58. The third-order valence-corrected chi connectivity index (χ3v) is 6.72. The lowest BCUT2D eigenvalue weighted by Crippen LogP contribution is -2.29. The van der Waals surface area contributed by atoms with Crippen molar-refractivity contribution in [2.75, 3.05) is 17.7 Å². The lowest BCUT2D eigenvalue weighted by Gasteiger charge is -2.21. The summed E-state index contributed by atoms with van der Waals surface area (Å²) < 4.78 is 7.95. The molecule has 1 atom stereocenters. The zero-order valence-corrected chi connectivity index (χ0v) is 21.0. The molecular formula is C18H17I3N2O4. The van der Waals surface area contributed by atoms with E-state index in [0.29, 0.717) is 32.7 Å².